The topological polar surface area (TPSA) is 210 Å². The van der Waals surface area contributed by atoms with Gasteiger partial charge in [-0.1, -0.05) is 5.16 Å². The summed E-state index contributed by atoms with van der Waals surface area (Å²) in [4.78, 5) is 58.3. The standard InChI is InChI=1S/C21H29N5O10S2/c1-9(2)34-21(31)36-10(3)35-19(30)13-11(6-32-4)7-37-17(25-13)15(18(28)29)24-16(27)14(26-33-5)12-8-38-20(22)23-12/h8-10,15,17,25H,6-7H2,1-5H3,(H2,22,23)(H,24,27)(H,28,29)/b26-14-/t10?,15-,17+/m0/s1. The van der Waals surface area contributed by atoms with Crippen LogP contribution in [-0.2, 0) is 38.2 Å². The van der Waals surface area contributed by atoms with Crippen molar-refractivity contribution in [3.05, 3.63) is 22.3 Å². The number of carboxylic acid groups (broad SMARTS) is 1. The molecule has 38 heavy (non-hydrogen) atoms. The molecule has 2 rings (SSSR count). The number of thiazole rings is 1. The van der Waals surface area contributed by atoms with E-state index < -0.39 is 47.8 Å². The van der Waals surface area contributed by atoms with Crippen molar-refractivity contribution < 1.29 is 48.1 Å². The highest BCUT2D eigenvalue weighted by molar-refractivity contribution is 8.00. The summed E-state index contributed by atoms with van der Waals surface area (Å²) in [5.41, 5.74) is 5.79. The number of aliphatic carboxylic acids is 1. The first-order valence-electron chi connectivity index (χ1n) is 11.0. The minimum Gasteiger partial charge on any atom is -0.480 e. The summed E-state index contributed by atoms with van der Waals surface area (Å²) >= 11 is 2.17. The smallest absolute Gasteiger partial charge is 0.480 e. The highest BCUT2D eigenvalue weighted by Crippen LogP contribution is 2.26. The normalized spacial score (nSPS) is 17.2. The van der Waals surface area contributed by atoms with E-state index in [-0.39, 0.29) is 34.6 Å². The number of nitrogen functional groups attached to an aromatic ring is 1. The average molecular weight is 576 g/mol. The van der Waals surface area contributed by atoms with E-state index >= 15 is 0 Å². The maximum Gasteiger partial charge on any atom is 0.511 e. The second kappa shape index (κ2) is 14.4. The number of hydrogen-bond acceptors (Lipinski definition) is 15. The van der Waals surface area contributed by atoms with Crippen molar-refractivity contribution in [1.29, 1.82) is 0 Å². The molecule has 0 aromatic carbocycles. The number of esters is 1. The van der Waals surface area contributed by atoms with Crippen LogP contribution < -0.4 is 16.4 Å². The van der Waals surface area contributed by atoms with E-state index in [1.165, 1.54) is 26.5 Å². The molecule has 0 saturated heterocycles. The van der Waals surface area contributed by atoms with Gasteiger partial charge < -0.3 is 45.3 Å². The van der Waals surface area contributed by atoms with Crippen molar-refractivity contribution in [3.63, 3.8) is 0 Å². The molecule has 1 aliphatic heterocycles. The van der Waals surface area contributed by atoms with Gasteiger partial charge >= 0.3 is 18.1 Å². The summed E-state index contributed by atoms with van der Waals surface area (Å²) in [5, 5.41) is 19.3. The van der Waals surface area contributed by atoms with Crippen LogP contribution in [0.5, 0.6) is 0 Å². The zero-order valence-corrected chi connectivity index (χ0v) is 22.8. The molecule has 2 heterocycles. The number of amides is 1. The van der Waals surface area contributed by atoms with E-state index in [1.54, 1.807) is 13.8 Å². The molecule has 0 fully saturated rings. The number of oxime groups is 1. The lowest BCUT2D eigenvalue weighted by Crippen LogP contribution is -2.56. The van der Waals surface area contributed by atoms with Gasteiger partial charge in [0.15, 0.2) is 16.9 Å². The van der Waals surface area contributed by atoms with E-state index in [0.29, 0.717) is 5.57 Å². The first-order chi connectivity index (χ1) is 18.0. The molecule has 0 aliphatic carbocycles. The van der Waals surface area contributed by atoms with E-state index in [1.807, 2.05) is 0 Å². The number of anilines is 1. The molecule has 1 unspecified atom stereocenters. The molecule has 15 nitrogen and oxygen atoms in total. The highest BCUT2D eigenvalue weighted by Gasteiger charge is 2.37. The van der Waals surface area contributed by atoms with Crippen LogP contribution in [-0.4, -0.2) is 90.2 Å². The van der Waals surface area contributed by atoms with Gasteiger partial charge in [0.25, 0.3) is 5.91 Å². The monoisotopic (exact) mass is 575 g/mol. The average Bonchev–Trinajstić information content (AvgIpc) is 3.26. The Hall–Kier alpha value is -3.57. The SMILES string of the molecule is COCC1=C(C(=O)OC(C)OC(=O)OC(C)C)N[C@@H]([C@H](NC(=O)/C(=N\OC)c2csc(N)n2)C(=O)O)SC1. The van der Waals surface area contributed by atoms with Crippen LogP contribution in [0.15, 0.2) is 21.8 Å². The third-order valence-corrected chi connectivity index (χ3v) is 6.42. The zero-order valence-electron chi connectivity index (χ0n) is 21.2. The van der Waals surface area contributed by atoms with Gasteiger partial charge in [-0.05, 0) is 19.4 Å². The molecule has 0 saturated carbocycles. The summed E-state index contributed by atoms with van der Waals surface area (Å²) < 4.78 is 20.1. The van der Waals surface area contributed by atoms with Crippen LogP contribution in [0.4, 0.5) is 9.93 Å². The highest BCUT2D eigenvalue weighted by atomic mass is 32.2. The van der Waals surface area contributed by atoms with Gasteiger partial charge in [0.2, 0.25) is 6.29 Å². The Kier molecular flexibility index (Phi) is 11.6. The van der Waals surface area contributed by atoms with Crippen molar-refractivity contribution >= 4 is 57.9 Å². The number of rotatable bonds is 12. The number of methoxy groups -OCH3 is 1. The largest absolute Gasteiger partial charge is 0.511 e. The minimum absolute atomic E-state index is 0.0295. The summed E-state index contributed by atoms with van der Waals surface area (Å²) in [6.45, 7) is 4.59. The molecular formula is C21H29N5O10S2. The maximum atomic E-state index is 12.9. The summed E-state index contributed by atoms with van der Waals surface area (Å²) in [6, 6.07) is -1.54. The predicted molar refractivity (Wildman–Crippen MR) is 136 cm³/mol. The number of nitrogens with two attached hydrogens (primary N) is 1. The third-order valence-electron chi connectivity index (χ3n) is 4.48. The number of nitrogens with zero attached hydrogens (tertiary/aromatic N) is 2. The lowest BCUT2D eigenvalue weighted by molar-refractivity contribution is -0.164. The van der Waals surface area contributed by atoms with Crippen molar-refractivity contribution in [2.24, 2.45) is 5.16 Å². The molecule has 1 aromatic heterocycles. The Bertz CT molecular complexity index is 1090. The Balaban J connectivity index is 2.20. The van der Waals surface area contributed by atoms with Gasteiger partial charge in [-0.15, -0.1) is 23.1 Å². The molecule has 5 N–H and O–H groups in total. The van der Waals surface area contributed by atoms with Crippen molar-refractivity contribution in [2.75, 3.05) is 32.3 Å². The van der Waals surface area contributed by atoms with E-state index in [9.17, 15) is 24.3 Å². The van der Waals surface area contributed by atoms with Crippen LogP contribution in [0.3, 0.4) is 0 Å². The molecule has 210 valence electrons. The van der Waals surface area contributed by atoms with Gasteiger partial charge in [-0.3, -0.25) is 4.79 Å². The van der Waals surface area contributed by atoms with Gasteiger partial charge in [-0.25, -0.2) is 19.4 Å². The number of carbonyl (C=O) groups is 4. The van der Waals surface area contributed by atoms with Gasteiger partial charge in [-0.2, -0.15) is 0 Å². The Morgan fingerprint density at radius 3 is 2.50 bits per heavy atom. The fourth-order valence-corrected chi connectivity index (χ4v) is 4.71. The molecule has 0 radical (unpaired) electrons. The van der Waals surface area contributed by atoms with Crippen LogP contribution in [0.2, 0.25) is 0 Å². The quantitative estimate of drug-likeness (QED) is 0.117. The minimum atomic E-state index is -1.54. The zero-order chi connectivity index (χ0) is 28.4. The first kappa shape index (κ1) is 30.7. The van der Waals surface area contributed by atoms with Crippen LogP contribution in [0.25, 0.3) is 0 Å². The molecule has 3 atom stereocenters. The number of hydrogen-bond donors (Lipinski definition) is 4. The maximum absolute atomic E-state index is 12.9. The Morgan fingerprint density at radius 2 is 1.95 bits per heavy atom. The fourth-order valence-electron chi connectivity index (χ4n) is 2.98. The fraction of sp³-hybridized carbons (Fsp3) is 0.524. The second-order valence-electron chi connectivity index (χ2n) is 7.78. The predicted octanol–water partition coefficient (Wildman–Crippen LogP) is 0.659. The summed E-state index contributed by atoms with van der Waals surface area (Å²) in [6.07, 6.45) is -2.78. The van der Waals surface area contributed by atoms with E-state index in [4.69, 9.17) is 29.5 Å². The Morgan fingerprint density at radius 1 is 1.24 bits per heavy atom. The van der Waals surface area contributed by atoms with Crippen molar-refractivity contribution in [2.45, 2.75) is 44.6 Å². The van der Waals surface area contributed by atoms with E-state index in [2.05, 4.69) is 20.8 Å². The molecular weight excluding hydrogens is 546 g/mol. The molecule has 1 aliphatic rings. The van der Waals surface area contributed by atoms with Gasteiger partial charge in [0, 0.05) is 25.2 Å². The second-order valence-corrected chi connectivity index (χ2v) is 9.80. The Labute approximate surface area is 226 Å². The molecule has 1 amide bonds. The van der Waals surface area contributed by atoms with Gasteiger partial charge in [0.05, 0.1) is 12.7 Å². The third kappa shape index (κ3) is 8.77. The van der Waals surface area contributed by atoms with Gasteiger partial charge in [0.1, 0.15) is 23.9 Å². The first-order valence-corrected chi connectivity index (χ1v) is 12.9. The van der Waals surface area contributed by atoms with Crippen molar-refractivity contribution in [1.82, 2.24) is 15.6 Å². The van der Waals surface area contributed by atoms with Crippen LogP contribution >= 0.6 is 23.1 Å². The number of carbonyl (C=O) groups excluding carboxylic acids is 3. The lowest BCUT2D eigenvalue weighted by atomic mass is 10.2. The summed E-state index contributed by atoms with van der Waals surface area (Å²) in [7, 11) is 2.63. The number of nitrogens with one attached hydrogen (secondary N) is 2. The number of carboxylic acids is 1. The van der Waals surface area contributed by atoms with Crippen LogP contribution in [0, 0.1) is 0 Å². The number of aromatic nitrogens is 1. The van der Waals surface area contributed by atoms with Crippen molar-refractivity contribution in [3.8, 4) is 0 Å². The van der Waals surface area contributed by atoms with Crippen LogP contribution in [0.1, 0.15) is 26.5 Å². The summed E-state index contributed by atoms with van der Waals surface area (Å²) in [5.74, 6) is -3.05. The molecule has 17 heteroatoms. The molecule has 0 spiro atoms. The number of thioether (sulfide) groups is 1. The molecule has 0 bridgehead atoms. The molecule has 1 aromatic rings. The lowest BCUT2D eigenvalue weighted by Gasteiger charge is -2.32. The number of ether oxygens (including phenoxy) is 4. The van der Waals surface area contributed by atoms with E-state index in [0.717, 1.165) is 23.1 Å².